The lowest BCUT2D eigenvalue weighted by atomic mass is 10.1. The lowest BCUT2D eigenvalue weighted by molar-refractivity contribution is 0.454. The number of aromatic nitrogens is 3. The van der Waals surface area contributed by atoms with Crippen molar-refractivity contribution in [3.63, 3.8) is 0 Å². The number of nitrogens with one attached hydrogen (secondary N) is 2. The third-order valence-electron chi connectivity index (χ3n) is 1.71. The van der Waals surface area contributed by atoms with E-state index in [9.17, 15) is 9.90 Å². The van der Waals surface area contributed by atoms with Crippen LogP contribution < -0.4 is 5.56 Å². The van der Waals surface area contributed by atoms with E-state index in [1.165, 1.54) is 6.20 Å². The molecule has 13 heavy (non-hydrogen) atoms. The van der Waals surface area contributed by atoms with Crippen molar-refractivity contribution in [2.75, 3.05) is 0 Å². The highest BCUT2D eigenvalue weighted by Crippen LogP contribution is 2.20. The fourth-order valence-electron chi connectivity index (χ4n) is 1.13. The maximum absolute atomic E-state index is 11.2. The van der Waals surface area contributed by atoms with Crippen molar-refractivity contribution >= 4 is 0 Å². The molecule has 0 unspecified atom stereocenters. The van der Waals surface area contributed by atoms with Gasteiger partial charge in [0.1, 0.15) is 5.56 Å². The molecule has 2 heterocycles. The average molecular weight is 177 g/mol. The van der Waals surface area contributed by atoms with Gasteiger partial charge in [0, 0.05) is 18.0 Å². The molecule has 0 aliphatic rings. The first-order chi connectivity index (χ1) is 6.29. The van der Waals surface area contributed by atoms with Gasteiger partial charge in [0.05, 0.1) is 0 Å². The van der Waals surface area contributed by atoms with E-state index < -0.39 is 0 Å². The summed E-state index contributed by atoms with van der Waals surface area (Å²) in [7, 11) is 0. The van der Waals surface area contributed by atoms with E-state index >= 15 is 0 Å². The van der Waals surface area contributed by atoms with Crippen LogP contribution in [0.25, 0.3) is 11.1 Å². The molecule has 0 spiro atoms. The maximum atomic E-state index is 11.2. The van der Waals surface area contributed by atoms with Gasteiger partial charge >= 0.3 is 0 Å². The van der Waals surface area contributed by atoms with E-state index in [0.29, 0.717) is 5.56 Å². The minimum Gasteiger partial charge on any atom is -0.493 e. The predicted octanol–water partition coefficient (Wildman–Crippen LogP) is 0.471. The van der Waals surface area contributed by atoms with Crippen LogP contribution in [-0.4, -0.2) is 20.3 Å². The number of aromatic hydroxyl groups is 1. The third-order valence-corrected chi connectivity index (χ3v) is 1.71. The van der Waals surface area contributed by atoms with Crippen LogP contribution in [0, 0.1) is 0 Å². The lowest BCUT2D eigenvalue weighted by Gasteiger charge is -1.93. The predicted molar refractivity (Wildman–Crippen MR) is 46.3 cm³/mol. The molecule has 5 heteroatoms. The van der Waals surface area contributed by atoms with Crippen molar-refractivity contribution in [2.45, 2.75) is 0 Å². The molecule has 0 aromatic carbocycles. The summed E-state index contributed by atoms with van der Waals surface area (Å²) in [6, 6.07) is 3.40. The number of rotatable bonds is 1. The zero-order chi connectivity index (χ0) is 9.26. The van der Waals surface area contributed by atoms with Gasteiger partial charge in [0.2, 0.25) is 5.88 Å². The number of nitrogens with zero attached hydrogens (tertiary/aromatic N) is 1. The summed E-state index contributed by atoms with van der Waals surface area (Å²) in [4.78, 5) is 15.0. The van der Waals surface area contributed by atoms with Crippen LogP contribution in [0.1, 0.15) is 0 Å². The summed E-state index contributed by atoms with van der Waals surface area (Å²) in [5.41, 5.74) is 0.445. The van der Waals surface area contributed by atoms with Gasteiger partial charge in [-0.25, -0.2) is 0 Å². The third kappa shape index (κ3) is 1.20. The van der Waals surface area contributed by atoms with E-state index in [0.717, 1.165) is 0 Å². The van der Waals surface area contributed by atoms with E-state index in [-0.39, 0.29) is 17.0 Å². The molecule has 0 aliphatic heterocycles. The molecule has 0 amide bonds. The molecule has 5 nitrogen and oxygen atoms in total. The van der Waals surface area contributed by atoms with E-state index in [2.05, 4.69) is 15.2 Å². The molecule has 0 bridgehead atoms. The summed E-state index contributed by atoms with van der Waals surface area (Å²) in [5.74, 6) is -0.169. The quantitative estimate of drug-likeness (QED) is 0.592. The minimum atomic E-state index is -0.356. The Bertz CT molecular complexity index is 458. The van der Waals surface area contributed by atoms with Gasteiger partial charge in [0.25, 0.3) is 5.56 Å². The largest absolute Gasteiger partial charge is 0.493 e. The van der Waals surface area contributed by atoms with E-state index in [4.69, 9.17) is 0 Å². The van der Waals surface area contributed by atoms with Crippen molar-refractivity contribution in [3.05, 3.63) is 34.9 Å². The molecule has 0 radical (unpaired) electrons. The maximum Gasteiger partial charge on any atom is 0.275 e. The van der Waals surface area contributed by atoms with Crippen LogP contribution >= 0.6 is 0 Å². The molecule has 0 aliphatic carbocycles. The standard InChI is InChI=1S/C8H7N3O2/c12-7-6(8(13)11-10-7)5-2-1-3-9-4-5/h1-4H,(H3,10,11,12,13). The highest BCUT2D eigenvalue weighted by atomic mass is 16.3. The Hall–Kier alpha value is -2.04. The Labute approximate surface area is 73.1 Å². The molecule has 2 aromatic rings. The number of pyridine rings is 1. The Kier molecular flexibility index (Phi) is 1.63. The summed E-state index contributed by atoms with van der Waals surface area (Å²) >= 11 is 0. The molecule has 0 saturated carbocycles. The van der Waals surface area contributed by atoms with Crippen molar-refractivity contribution in [1.82, 2.24) is 15.2 Å². The van der Waals surface area contributed by atoms with Crippen LogP contribution in [-0.2, 0) is 0 Å². The van der Waals surface area contributed by atoms with E-state index in [1.54, 1.807) is 18.3 Å². The van der Waals surface area contributed by atoms with Crippen molar-refractivity contribution in [1.29, 1.82) is 0 Å². The van der Waals surface area contributed by atoms with Crippen LogP contribution in [0.2, 0.25) is 0 Å². The highest BCUT2D eigenvalue weighted by molar-refractivity contribution is 5.66. The van der Waals surface area contributed by atoms with Gasteiger partial charge in [-0.15, -0.1) is 0 Å². The number of aromatic amines is 2. The van der Waals surface area contributed by atoms with Crippen LogP contribution in [0.15, 0.2) is 29.3 Å². The molecule has 0 atom stereocenters. The Morgan fingerprint density at radius 3 is 2.77 bits per heavy atom. The zero-order valence-electron chi connectivity index (χ0n) is 6.61. The fraction of sp³-hybridized carbons (Fsp3) is 0. The average Bonchev–Trinajstić information content (AvgIpc) is 2.48. The van der Waals surface area contributed by atoms with Crippen LogP contribution in [0.4, 0.5) is 0 Å². The number of hydrogen-bond donors (Lipinski definition) is 3. The zero-order valence-corrected chi connectivity index (χ0v) is 6.61. The SMILES string of the molecule is O=c1[nH][nH]c(O)c1-c1cccnc1. The first kappa shape index (κ1) is 7.60. The van der Waals surface area contributed by atoms with Crippen molar-refractivity contribution < 1.29 is 5.11 Å². The Morgan fingerprint density at radius 2 is 2.23 bits per heavy atom. The summed E-state index contributed by atoms with van der Waals surface area (Å²) in [6.45, 7) is 0. The number of hydrogen-bond acceptors (Lipinski definition) is 3. The minimum absolute atomic E-state index is 0.169. The second kappa shape index (κ2) is 2.78. The van der Waals surface area contributed by atoms with Gasteiger partial charge in [-0.3, -0.25) is 20.0 Å². The van der Waals surface area contributed by atoms with Gasteiger partial charge in [0.15, 0.2) is 0 Å². The number of H-pyrrole nitrogens is 2. The fourth-order valence-corrected chi connectivity index (χ4v) is 1.13. The molecule has 2 aromatic heterocycles. The van der Waals surface area contributed by atoms with Crippen molar-refractivity contribution in [2.24, 2.45) is 0 Å². The molecular formula is C8H7N3O2. The van der Waals surface area contributed by atoms with Gasteiger partial charge < -0.3 is 5.11 Å². The molecular weight excluding hydrogens is 170 g/mol. The lowest BCUT2D eigenvalue weighted by Crippen LogP contribution is -2.01. The normalized spacial score (nSPS) is 10.2. The van der Waals surface area contributed by atoms with Crippen LogP contribution in [0.5, 0.6) is 5.88 Å². The summed E-state index contributed by atoms with van der Waals surface area (Å²) in [6.07, 6.45) is 3.11. The monoisotopic (exact) mass is 177 g/mol. The Morgan fingerprint density at radius 1 is 1.38 bits per heavy atom. The van der Waals surface area contributed by atoms with Crippen molar-refractivity contribution in [3.8, 4) is 17.0 Å². The molecule has 0 saturated heterocycles. The van der Waals surface area contributed by atoms with Gasteiger partial charge in [-0.2, -0.15) is 0 Å². The second-order valence-electron chi connectivity index (χ2n) is 2.54. The van der Waals surface area contributed by atoms with Crippen LogP contribution in [0.3, 0.4) is 0 Å². The topological polar surface area (TPSA) is 81.8 Å². The molecule has 3 N–H and O–H groups in total. The Balaban J connectivity index is 2.65. The van der Waals surface area contributed by atoms with Gasteiger partial charge in [-0.1, -0.05) is 6.07 Å². The van der Waals surface area contributed by atoms with E-state index in [1.807, 2.05) is 0 Å². The summed E-state index contributed by atoms with van der Waals surface area (Å²) in [5, 5.41) is 13.9. The molecule has 2 rings (SSSR count). The first-order valence-electron chi connectivity index (χ1n) is 3.69. The molecule has 66 valence electrons. The summed E-state index contributed by atoms with van der Waals surface area (Å²) < 4.78 is 0. The molecule has 0 fully saturated rings. The smallest absolute Gasteiger partial charge is 0.275 e. The highest BCUT2D eigenvalue weighted by Gasteiger charge is 2.10. The second-order valence-corrected chi connectivity index (χ2v) is 2.54. The first-order valence-corrected chi connectivity index (χ1v) is 3.69. The van der Waals surface area contributed by atoms with Gasteiger partial charge in [-0.05, 0) is 6.07 Å².